The van der Waals surface area contributed by atoms with Crippen molar-refractivity contribution in [3.63, 3.8) is 0 Å². The molecule has 0 radical (unpaired) electrons. The second kappa shape index (κ2) is 15.2. The molecule has 3 aromatic carbocycles. The van der Waals surface area contributed by atoms with Gasteiger partial charge in [-0.15, -0.1) is 0 Å². The van der Waals surface area contributed by atoms with Crippen molar-refractivity contribution in [2.24, 2.45) is 0 Å². The largest absolute Gasteiger partial charge is 0.481 e. The van der Waals surface area contributed by atoms with Gasteiger partial charge in [0.25, 0.3) is 0 Å². The molecule has 0 aliphatic carbocycles. The van der Waals surface area contributed by atoms with Crippen molar-refractivity contribution < 1.29 is 34.0 Å². The van der Waals surface area contributed by atoms with Crippen LogP contribution in [-0.4, -0.2) is 65.9 Å². The Labute approximate surface area is 252 Å². The molecule has 0 bridgehead atoms. The van der Waals surface area contributed by atoms with Crippen LogP contribution in [0.1, 0.15) is 60.3 Å². The maximum Gasteiger partial charge on any atom is 0.303 e. The fraction of sp³-hybridized carbons (Fsp3) is 0.412. The zero-order chi connectivity index (χ0) is 30.0. The molecule has 228 valence electrons. The van der Waals surface area contributed by atoms with E-state index in [1.807, 2.05) is 72.8 Å². The van der Waals surface area contributed by atoms with E-state index in [0.29, 0.717) is 13.0 Å². The van der Waals surface area contributed by atoms with Gasteiger partial charge < -0.3 is 29.7 Å². The Kier molecular flexibility index (Phi) is 10.9. The first-order valence-corrected chi connectivity index (χ1v) is 15.0. The summed E-state index contributed by atoms with van der Waals surface area (Å²) in [5, 5.41) is 21.2. The predicted octanol–water partition coefficient (Wildman–Crippen LogP) is 4.59. The molecule has 2 fully saturated rings. The van der Waals surface area contributed by atoms with Crippen LogP contribution in [0.5, 0.6) is 0 Å². The SMILES string of the molecule is O=C(O)CCCC(=O)NCc1ccccc1-c1ccc(C2OC(CN3CCOCC3)CC(c3ccc(CO)cc3)O2)cc1. The maximum absolute atomic E-state index is 12.2. The molecule has 3 unspecified atom stereocenters. The van der Waals surface area contributed by atoms with Crippen molar-refractivity contribution in [2.45, 2.75) is 57.3 Å². The Hall–Kier alpha value is -3.60. The van der Waals surface area contributed by atoms with Gasteiger partial charge in [0.2, 0.25) is 5.91 Å². The lowest BCUT2D eigenvalue weighted by Gasteiger charge is -2.39. The monoisotopic (exact) mass is 588 g/mol. The minimum atomic E-state index is -0.898. The quantitative estimate of drug-likeness (QED) is 0.281. The summed E-state index contributed by atoms with van der Waals surface area (Å²) in [6, 6.07) is 24.0. The molecule has 1 amide bonds. The lowest BCUT2D eigenvalue weighted by Crippen LogP contribution is -2.44. The summed E-state index contributed by atoms with van der Waals surface area (Å²) >= 11 is 0. The van der Waals surface area contributed by atoms with Crippen molar-refractivity contribution in [3.8, 4) is 11.1 Å². The molecule has 3 N–H and O–H groups in total. The number of amides is 1. The van der Waals surface area contributed by atoms with Crippen LogP contribution in [-0.2, 0) is 37.0 Å². The summed E-state index contributed by atoms with van der Waals surface area (Å²) in [5.74, 6) is -1.06. The highest BCUT2D eigenvalue weighted by Crippen LogP contribution is 2.39. The number of nitrogens with one attached hydrogen (secondary N) is 1. The van der Waals surface area contributed by atoms with E-state index in [9.17, 15) is 14.7 Å². The van der Waals surface area contributed by atoms with Crippen LogP contribution in [0.15, 0.2) is 72.8 Å². The molecule has 0 aromatic heterocycles. The number of morpholine rings is 1. The molecule has 2 saturated heterocycles. The number of carbonyl (C=O) groups is 2. The topological polar surface area (TPSA) is 118 Å². The smallest absolute Gasteiger partial charge is 0.303 e. The Morgan fingerprint density at radius 3 is 2.33 bits per heavy atom. The molecule has 2 heterocycles. The Morgan fingerprint density at radius 1 is 0.884 bits per heavy atom. The van der Waals surface area contributed by atoms with Gasteiger partial charge in [0, 0.05) is 51.0 Å². The molecule has 43 heavy (non-hydrogen) atoms. The fourth-order valence-electron chi connectivity index (χ4n) is 5.56. The average molecular weight is 589 g/mol. The number of carboxylic acids is 1. The van der Waals surface area contributed by atoms with Crippen molar-refractivity contribution in [1.82, 2.24) is 10.2 Å². The number of carboxylic acid groups (broad SMARTS) is 1. The molecule has 0 saturated carbocycles. The standard InChI is InChI=1S/C34H40N2O7/c37-23-24-8-10-26(11-9-24)31-20-29(22-36-16-18-41-19-17-36)42-34(43-31)27-14-12-25(13-15-27)30-5-2-1-4-28(30)21-35-32(38)6-3-7-33(39)40/h1-2,4-5,8-15,29,31,34,37H,3,6-7,16-23H2,(H,35,38)(H,39,40). The van der Waals surface area contributed by atoms with Gasteiger partial charge in [-0.2, -0.15) is 0 Å². The van der Waals surface area contributed by atoms with Crippen LogP contribution in [0.2, 0.25) is 0 Å². The van der Waals surface area contributed by atoms with E-state index < -0.39 is 12.3 Å². The van der Waals surface area contributed by atoms with E-state index in [0.717, 1.165) is 72.6 Å². The van der Waals surface area contributed by atoms with Gasteiger partial charge in [0.15, 0.2) is 6.29 Å². The van der Waals surface area contributed by atoms with Crippen molar-refractivity contribution in [1.29, 1.82) is 0 Å². The Morgan fingerprint density at radius 2 is 1.60 bits per heavy atom. The first-order valence-electron chi connectivity index (χ1n) is 15.0. The number of rotatable bonds is 12. The molecule has 2 aliphatic heterocycles. The third kappa shape index (κ3) is 8.72. The fourth-order valence-corrected chi connectivity index (χ4v) is 5.56. The number of ether oxygens (including phenoxy) is 3. The van der Waals surface area contributed by atoms with Crippen LogP contribution in [0.25, 0.3) is 11.1 Å². The van der Waals surface area contributed by atoms with Crippen molar-refractivity contribution >= 4 is 11.9 Å². The van der Waals surface area contributed by atoms with Gasteiger partial charge >= 0.3 is 5.97 Å². The van der Waals surface area contributed by atoms with Gasteiger partial charge in [-0.1, -0.05) is 72.8 Å². The lowest BCUT2D eigenvalue weighted by molar-refractivity contribution is -0.253. The number of hydrogen-bond acceptors (Lipinski definition) is 7. The summed E-state index contributed by atoms with van der Waals surface area (Å²) in [5.41, 5.74) is 5.85. The molecule has 2 aliphatic rings. The summed E-state index contributed by atoms with van der Waals surface area (Å²) in [6.07, 6.45) is 0.532. The average Bonchev–Trinajstić information content (AvgIpc) is 3.04. The van der Waals surface area contributed by atoms with Crippen LogP contribution >= 0.6 is 0 Å². The number of nitrogens with zero attached hydrogens (tertiary/aromatic N) is 1. The normalized spacial score (nSPS) is 20.9. The number of aliphatic hydroxyl groups excluding tert-OH is 1. The third-order valence-corrected chi connectivity index (χ3v) is 7.96. The molecular formula is C34H40N2O7. The van der Waals surface area contributed by atoms with Gasteiger partial charge in [-0.3, -0.25) is 14.5 Å². The maximum atomic E-state index is 12.2. The third-order valence-electron chi connectivity index (χ3n) is 7.96. The summed E-state index contributed by atoms with van der Waals surface area (Å²) < 4.78 is 18.6. The number of carbonyl (C=O) groups excluding carboxylic acids is 1. The Bertz CT molecular complexity index is 1340. The van der Waals surface area contributed by atoms with E-state index in [-0.39, 0.29) is 37.6 Å². The zero-order valence-corrected chi connectivity index (χ0v) is 24.3. The molecule has 9 nitrogen and oxygen atoms in total. The van der Waals surface area contributed by atoms with Crippen molar-refractivity contribution in [2.75, 3.05) is 32.8 Å². The molecule has 0 spiro atoms. The molecule has 3 aromatic rings. The van der Waals surface area contributed by atoms with Gasteiger partial charge in [0.1, 0.15) is 0 Å². The van der Waals surface area contributed by atoms with Crippen molar-refractivity contribution in [3.05, 3.63) is 95.1 Å². The number of aliphatic carboxylic acids is 1. The number of hydrogen-bond donors (Lipinski definition) is 3. The van der Waals surface area contributed by atoms with Crippen LogP contribution in [0, 0.1) is 0 Å². The Balaban J connectivity index is 1.29. The second-order valence-corrected chi connectivity index (χ2v) is 11.1. The summed E-state index contributed by atoms with van der Waals surface area (Å²) in [4.78, 5) is 25.3. The molecule has 5 rings (SSSR count). The molecular weight excluding hydrogens is 548 g/mol. The van der Waals surface area contributed by atoms with E-state index in [2.05, 4.69) is 10.2 Å². The molecule has 9 heteroatoms. The van der Waals surface area contributed by atoms with E-state index >= 15 is 0 Å². The summed E-state index contributed by atoms with van der Waals surface area (Å²) in [6.45, 7) is 4.41. The van der Waals surface area contributed by atoms with E-state index in [1.165, 1.54) is 0 Å². The lowest BCUT2D eigenvalue weighted by atomic mass is 9.97. The minimum absolute atomic E-state index is 0.00579. The number of aliphatic hydroxyl groups is 1. The van der Waals surface area contributed by atoms with Crippen LogP contribution in [0.4, 0.5) is 0 Å². The highest BCUT2D eigenvalue weighted by Gasteiger charge is 2.33. The van der Waals surface area contributed by atoms with E-state index in [1.54, 1.807) is 0 Å². The van der Waals surface area contributed by atoms with Gasteiger partial charge in [-0.25, -0.2) is 0 Å². The van der Waals surface area contributed by atoms with Crippen LogP contribution in [0.3, 0.4) is 0 Å². The van der Waals surface area contributed by atoms with Crippen LogP contribution < -0.4 is 5.32 Å². The number of benzene rings is 3. The zero-order valence-electron chi connectivity index (χ0n) is 24.3. The predicted molar refractivity (Wildman–Crippen MR) is 161 cm³/mol. The highest BCUT2D eigenvalue weighted by molar-refractivity contribution is 5.77. The van der Waals surface area contributed by atoms with E-state index in [4.69, 9.17) is 19.3 Å². The first-order chi connectivity index (χ1) is 21.0. The first kappa shape index (κ1) is 30.8. The highest BCUT2D eigenvalue weighted by atomic mass is 16.7. The minimum Gasteiger partial charge on any atom is -0.481 e. The molecule has 3 atom stereocenters. The second-order valence-electron chi connectivity index (χ2n) is 11.1. The summed E-state index contributed by atoms with van der Waals surface area (Å²) in [7, 11) is 0. The van der Waals surface area contributed by atoms with Gasteiger partial charge in [0.05, 0.1) is 32.0 Å². The van der Waals surface area contributed by atoms with Gasteiger partial charge in [-0.05, 0) is 34.2 Å².